The molecule has 9 heteroatoms. The SMILES string of the molecule is CCC(C(=O)NC)N(Cc1ccc(C)cc1)C(=O)CN(c1ccc(OCc2ccccc2)cc1)S(C)(=O)=O. The predicted molar refractivity (Wildman–Crippen MR) is 149 cm³/mol. The van der Waals surface area contributed by atoms with Gasteiger partial charge in [0.15, 0.2) is 0 Å². The van der Waals surface area contributed by atoms with Gasteiger partial charge in [0.25, 0.3) is 0 Å². The molecule has 0 aliphatic rings. The first kappa shape index (κ1) is 28.7. The minimum atomic E-state index is -3.81. The number of carbonyl (C=O) groups is 2. The number of ether oxygens (including phenoxy) is 1. The number of carbonyl (C=O) groups excluding carboxylic acids is 2. The van der Waals surface area contributed by atoms with E-state index in [1.54, 1.807) is 24.3 Å². The fraction of sp³-hybridized carbons (Fsp3) is 0.310. The Morgan fingerprint density at radius 3 is 2.11 bits per heavy atom. The van der Waals surface area contributed by atoms with E-state index in [2.05, 4.69) is 5.32 Å². The molecule has 3 aromatic carbocycles. The Bertz CT molecular complexity index is 1310. The van der Waals surface area contributed by atoms with Crippen LogP contribution in [0.3, 0.4) is 0 Å². The second-order valence-corrected chi connectivity index (χ2v) is 11.0. The lowest BCUT2D eigenvalue weighted by molar-refractivity contribution is -0.140. The van der Waals surface area contributed by atoms with Crippen molar-refractivity contribution in [1.82, 2.24) is 10.2 Å². The van der Waals surface area contributed by atoms with Crippen molar-refractivity contribution in [2.75, 3.05) is 24.2 Å². The molecule has 0 aromatic heterocycles. The first-order valence-electron chi connectivity index (χ1n) is 12.4. The van der Waals surface area contributed by atoms with Gasteiger partial charge in [-0.25, -0.2) is 8.42 Å². The van der Waals surface area contributed by atoms with E-state index >= 15 is 0 Å². The van der Waals surface area contributed by atoms with Crippen molar-refractivity contribution in [2.24, 2.45) is 0 Å². The van der Waals surface area contributed by atoms with Gasteiger partial charge in [0, 0.05) is 13.6 Å². The molecular weight excluding hydrogens is 502 g/mol. The minimum Gasteiger partial charge on any atom is -0.489 e. The number of rotatable bonds is 12. The average molecular weight is 538 g/mol. The monoisotopic (exact) mass is 537 g/mol. The number of sulfonamides is 1. The molecule has 0 bridgehead atoms. The highest BCUT2D eigenvalue weighted by molar-refractivity contribution is 7.92. The second-order valence-electron chi connectivity index (χ2n) is 9.08. The summed E-state index contributed by atoms with van der Waals surface area (Å²) in [5.41, 5.74) is 3.26. The molecule has 38 heavy (non-hydrogen) atoms. The molecule has 1 N–H and O–H groups in total. The van der Waals surface area contributed by atoms with Crippen LogP contribution in [0, 0.1) is 6.92 Å². The lowest BCUT2D eigenvalue weighted by Gasteiger charge is -2.32. The molecule has 0 aliphatic heterocycles. The van der Waals surface area contributed by atoms with Crippen molar-refractivity contribution < 1.29 is 22.7 Å². The summed E-state index contributed by atoms with van der Waals surface area (Å²) in [7, 11) is -2.29. The summed E-state index contributed by atoms with van der Waals surface area (Å²) < 4.78 is 32.4. The molecule has 0 spiro atoms. The van der Waals surface area contributed by atoms with E-state index < -0.39 is 28.5 Å². The van der Waals surface area contributed by atoms with Crippen molar-refractivity contribution >= 4 is 27.5 Å². The van der Waals surface area contributed by atoms with Crippen LogP contribution in [-0.4, -0.2) is 51.0 Å². The predicted octanol–water partition coefficient (Wildman–Crippen LogP) is 3.89. The molecule has 1 atom stereocenters. The number of nitrogens with zero attached hydrogens (tertiary/aromatic N) is 2. The van der Waals surface area contributed by atoms with Gasteiger partial charge in [0.1, 0.15) is 24.9 Å². The summed E-state index contributed by atoms with van der Waals surface area (Å²) in [6.45, 7) is 3.89. The Labute approximate surface area is 225 Å². The molecule has 3 aromatic rings. The smallest absolute Gasteiger partial charge is 0.244 e. The number of benzene rings is 3. The van der Waals surface area contributed by atoms with Crippen LogP contribution < -0.4 is 14.4 Å². The van der Waals surface area contributed by atoms with E-state index in [1.807, 2.05) is 68.4 Å². The van der Waals surface area contributed by atoms with Crippen LogP contribution in [0.5, 0.6) is 5.75 Å². The van der Waals surface area contributed by atoms with Gasteiger partial charge in [-0.05, 0) is 48.7 Å². The molecule has 0 saturated carbocycles. The highest BCUT2D eigenvalue weighted by atomic mass is 32.2. The maximum absolute atomic E-state index is 13.6. The molecule has 8 nitrogen and oxygen atoms in total. The van der Waals surface area contributed by atoms with Gasteiger partial charge in [-0.1, -0.05) is 67.1 Å². The van der Waals surface area contributed by atoms with Crippen molar-refractivity contribution in [2.45, 2.75) is 39.5 Å². The van der Waals surface area contributed by atoms with E-state index in [1.165, 1.54) is 11.9 Å². The zero-order chi connectivity index (χ0) is 27.7. The number of nitrogens with one attached hydrogen (secondary N) is 1. The summed E-state index contributed by atoms with van der Waals surface area (Å²) >= 11 is 0. The van der Waals surface area contributed by atoms with Crippen LogP contribution in [0.15, 0.2) is 78.9 Å². The van der Waals surface area contributed by atoms with Crippen molar-refractivity contribution in [1.29, 1.82) is 0 Å². The summed E-state index contributed by atoms with van der Waals surface area (Å²) in [5, 5.41) is 2.61. The van der Waals surface area contributed by atoms with E-state index in [4.69, 9.17) is 4.74 Å². The molecular formula is C29H35N3O5S. The number of aryl methyl sites for hydroxylation is 1. The maximum atomic E-state index is 13.6. The molecule has 0 fully saturated rings. The highest BCUT2D eigenvalue weighted by Crippen LogP contribution is 2.23. The molecule has 1 unspecified atom stereocenters. The van der Waals surface area contributed by atoms with Crippen LogP contribution in [0.4, 0.5) is 5.69 Å². The Morgan fingerprint density at radius 2 is 1.55 bits per heavy atom. The highest BCUT2D eigenvalue weighted by Gasteiger charge is 2.31. The number of amides is 2. The fourth-order valence-electron chi connectivity index (χ4n) is 4.04. The van der Waals surface area contributed by atoms with Crippen molar-refractivity contribution in [3.63, 3.8) is 0 Å². The average Bonchev–Trinajstić information content (AvgIpc) is 2.91. The quantitative estimate of drug-likeness (QED) is 0.378. The van der Waals surface area contributed by atoms with Gasteiger partial charge in [-0.3, -0.25) is 13.9 Å². The third kappa shape index (κ3) is 7.82. The maximum Gasteiger partial charge on any atom is 0.244 e. The zero-order valence-electron chi connectivity index (χ0n) is 22.3. The van der Waals surface area contributed by atoms with Gasteiger partial charge in [0.2, 0.25) is 21.8 Å². The minimum absolute atomic E-state index is 0.176. The fourth-order valence-corrected chi connectivity index (χ4v) is 4.89. The lowest BCUT2D eigenvalue weighted by Crippen LogP contribution is -2.51. The van der Waals surface area contributed by atoms with E-state index in [0.717, 1.165) is 27.3 Å². The normalized spacial score (nSPS) is 11.9. The zero-order valence-corrected chi connectivity index (χ0v) is 23.1. The molecule has 0 radical (unpaired) electrons. The first-order chi connectivity index (χ1) is 18.1. The third-order valence-corrected chi connectivity index (χ3v) is 7.30. The van der Waals surface area contributed by atoms with Crippen molar-refractivity contribution in [3.8, 4) is 5.75 Å². The summed E-state index contributed by atoms with van der Waals surface area (Å²) in [4.78, 5) is 27.7. The van der Waals surface area contributed by atoms with Crippen molar-refractivity contribution in [3.05, 3.63) is 95.6 Å². The van der Waals surface area contributed by atoms with Crippen LogP contribution >= 0.6 is 0 Å². The molecule has 0 heterocycles. The van der Waals surface area contributed by atoms with E-state index in [0.29, 0.717) is 24.5 Å². The Morgan fingerprint density at radius 1 is 0.921 bits per heavy atom. The Hall–Kier alpha value is -3.85. The Balaban J connectivity index is 1.83. The molecule has 0 aliphatic carbocycles. The topological polar surface area (TPSA) is 96.0 Å². The lowest BCUT2D eigenvalue weighted by atomic mass is 10.1. The van der Waals surface area contributed by atoms with Crippen LogP contribution in [0.2, 0.25) is 0 Å². The molecule has 3 rings (SSSR count). The van der Waals surface area contributed by atoms with E-state index in [-0.39, 0.29) is 12.5 Å². The van der Waals surface area contributed by atoms with Gasteiger partial charge in [0.05, 0.1) is 11.9 Å². The number of hydrogen-bond acceptors (Lipinski definition) is 5. The third-order valence-electron chi connectivity index (χ3n) is 6.16. The largest absolute Gasteiger partial charge is 0.489 e. The number of hydrogen-bond donors (Lipinski definition) is 1. The Kier molecular flexibility index (Phi) is 9.90. The first-order valence-corrected chi connectivity index (χ1v) is 14.3. The van der Waals surface area contributed by atoms with Crippen LogP contribution in [0.25, 0.3) is 0 Å². The second kappa shape index (κ2) is 13.1. The molecule has 0 saturated heterocycles. The summed E-state index contributed by atoms with van der Waals surface area (Å²) in [5.74, 6) is -0.210. The molecule has 2 amide bonds. The van der Waals surface area contributed by atoms with Gasteiger partial charge in [-0.2, -0.15) is 0 Å². The standard InChI is InChI=1S/C29H35N3O5S/c1-5-27(29(34)30-3)31(19-23-13-11-22(2)12-14-23)28(33)20-32(38(4,35)36)25-15-17-26(18-16-25)37-21-24-9-7-6-8-10-24/h6-18,27H,5,19-21H2,1-4H3,(H,30,34). The van der Waals surface area contributed by atoms with Gasteiger partial charge < -0.3 is 15.0 Å². The van der Waals surface area contributed by atoms with E-state index in [9.17, 15) is 18.0 Å². The van der Waals surface area contributed by atoms with Gasteiger partial charge >= 0.3 is 0 Å². The molecule has 202 valence electrons. The van der Waals surface area contributed by atoms with Crippen LogP contribution in [-0.2, 0) is 32.8 Å². The summed E-state index contributed by atoms with van der Waals surface area (Å²) in [6.07, 6.45) is 1.43. The number of anilines is 1. The number of likely N-dealkylation sites (N-methyl/N-ethyl adjacent to an activating group) is 1. The summed E-state index contributed by atoms with van der Waals surface area (Å²) in [6, 6.07) is 23.2. The van der Waals surface area contributed by atoms with Crippen LogP contribution in [0.1, 0.15) is 30.0 Å². The van der Waals surface area contributed by atoms with Gasteiger partial charge in [-0.15, -0.1) is 0 Å².